The van der Waals surface area contributed by atoms with Gasteiger partial charge in [0.05, 0.1) is 12.6 Å². The zero-order valence-electron chi connectivity index (χ0n) is 13.5. The first-order chi connectivity index (χ1) is 10.1. The average molecular weight is 317 g/mol. The minimum atomic E-state index is -1.23. The molecule has 0 fully saturated rings. The van der Waals surface area contributed by atoms with Gasteiger partial charge in [0.25, 0.3) is 0 Å². The van der Waals surface area contributed by atoms with Crippen LogP contribution in [0.4, 0.5) is 0 Å². The number of hydrogen-bond acceptors (Lipinski definition) is 5. The summed E-state index contributed by atoms with van der Waals surface area (Å²) in [5, 5.41) is 22.9. The first-order valence-corrected chi connectivity index (χ1v) is 7.35. The van der Waals surface area contributed by atoms with Crippen molar-refractivity contribution in [1.29, 1.82) is 0 Å². The molecule has 0 aliphatic carbocycles. The van der Waals surface area contributed by atoms with Crippen molar-refractivity contribution in [1.82, 2.24) is 10.6 Å². The zero-order valence-corrected chi connectivity index (χ0v) is 13.5. The molecule has 0 aromatic carbocycles. The van der Waals surface area contributed by atoms with Crippen molar-refractivity contribution in [2.75, 3.05) is 6.61 Å². The van der Waals surface area contributed by atoms with Crippen LogP contribution in [0.5, 0.6) is 0 Å². The molecule has 0 saturated heterocycles. The summed E-state index contributed by atoms with van der Waals surface area (Å²) in [7, 11) is 0. The van der Waals surface area contributed by atoms with Crippen LogP contribution >= 0.6 is 0 Å². The molecular weight excluding hydrogens is 290 g/mol. The normalized spacial score (nSPS) is 16.5. The van der Waals surface area contributed by atoms with Gasteiger partial charge in [-0.25, -0.2) is 4.79 Å². The topological polar surface area (TPSA) is 142 Å². The van der Waals surface area contributed by atoms with Crippen molar-refractivity contribution < 1.29 is 24.6 Å². The van der Waals surface area contributed by atoms with Crippen LogP contribution in [0.25, 0.3) is 0 Å². The molecule has 0 bridgehead atoms. The maximum atomic E-state index is 12.0. The molecule has 8 nitrogen and oxygen atoms in total. The van der Waals surface area contributed by atoms with Gasteiger partial charge in [0.15, 0.2) is 0 Å². The zero-order chi connectivity index (χ0) is 17.4. The number of aliphatic carboxylic acids is 1. The fraction of sp³-hybridized carbons (Fsp3) is 0.786. The van der Waals surface area contributed by atoms with E-state index >= 15 is 0 Å². The third kappa shape index (κ3) is 5.98. The van der Waals surface area contributed by atoms with Crippen LogP contribution < -0.4 is 16.4 Å². The molecular formula is C14H27N3O5. The Bertz CT molecular complexity index is 400. The molecule has 0 aromatic rings. The average Bonchev–Trinajstić information content (AvgIpc) is 2.47. The first kappa shape index (κ1) is 20.3. The Morgan fingerprint density at radius 3 is 2.00 bits per heavy atom. The summed E-state index contributed by atoms with van der Waals surface area (Å²) < 4.78 is 0. The highest BCUT2D eigenvalue weighted by molar-refractivity contribution is 5.91. The van der Waals surface area contributed by atoms with E-state index in [1.54, 1.807) is 20.8 Å². The molecule has 4 atom stereocenters. The summed E-state index contributed by atoms with van der Waals surface area (Å²) in [4.78, 5) is 35.0. The first-order valence-electron chi connectivity index (χ1n) is 7.35. The van der Waals surface area contributed by atoms with Crippen LogP contribution in [-0.4, -0.2) is 52.7 Å². The maximum Gasteiger partial charge on any atom is 0.326 e. The van der Waals surface area contributed by atoms with Gasteiger partial charge < -0.3 is 26.6 Å². The number of carboxylic acids is 1. The molecule has 0 aliphatic heterocycles. The second kappa shape index (κ2) is 9.37. The summed E-state index contributed by atoms with van der Waals surface area (Å²) >= 11 is 0. The quantitative estimate of drug-likeness (QED) is 0.372. The lowest BCUT2D eigenvalue weighted by molar-refractivity contribution is -0.143. The maximum absolute atomic E-state index is 12.0. The van der Waals surface area contributed by atoms with Crippen LogP contribution in [0, 0.1) is 11.8 Å². The standard InChI is InChI=1S/C14H27N3O5/c1-5-8(4)10(15)13(20)16-9(6-18)12(19)17-11(7(2)3)14(21)22/h7-11,18H,5-6,15H2,1-4H3,(H,16,20)(H,17,19)(H,21,22)/t8-,9-,10-,11-/m0/s1. The fourth-order valence-electron chi connectivity index (χ4n) is 1.74. The molecule has 0 heterocycles. The molecule has 0 aromatic heterocycles. The Morgan fingerprint density at radius 1 is 1.09 bits per heavy atom. The monoisotopic (exact) mass is 317 g/mol. The number of rotatable bonds is 9. The summed E-state index contributed by atoms with van der Waals surface area (Å²) in [5.74, 6) is -2.90. The van der Waals surface area contributed by atoms with Crippen molar-refractivity contribution in [2.45, 2.75) is 52.2 Å². The second-order valence-electron chi connectivity index (χ2n) is 5.72. The van der Waals surface area contributed by atoms with Crippen molar-refractivity contribution in [2.24, 2.45) is 17.6 Å². The number of carboxylic acid groups (broad SMARTS) is 1. The number of carbonyl (C=O) groups is 3. The van der Waals surface area contributed by atoms with E-state index in [-0.39, 0.29) is 11.8 Å². The Labute approximate surface area is 130 Å². The number of carbonyl (C=O) groups excluding carboxylic acids is 2. The van der Waals surface area contributed by atoms with E-state index in [1.165, 1.54) is 0 Å². The van der Waals surface area contributed by atoms with Crippen molar-refractivity contribution in [3.63, 3.8) is 0 Å². The van der Waals surface area contributed by atoms with Crippen LogP contribution in [-0.2, 0) is 14.4 Å². The van der Waals surface area contributed by atoms with Gasteiger partial charge in [-0.05, 0) is 11.8 Å². The fourth-order valence-corrected chi connectivity index (χ4v) is 1.74. The van der Waals surface area contributed by atoms with Gasteiger partial charge in [-0.15, -0.1) is 0 Å². The third-order valence-electron chi connectivity index (χ3n) is 3.61. The van der Waals surface area contributed by atoms with Gasteiger partial charge in [-0.1, -0.05) is 34.1 Å². The van der Waals surface area contributed by atoms with Gasteiger partial charge in [0.1, 0.15) is 12.1 Å². The predicted molar refractivity (Wildman–Crippen MR) is 80.9 cm³/mol. The van der Waals surface area contributed by atoms with Crippen molar-refractivity contribution >= 4 is 17.8 Å². The molecule has 0 saturated carbocycles. The summed E-state index contributed by atoms with van der Waals surface area (Å²) in [5.41, 5.74) is 5.75. The van der Waals surface area contributed by atoms with E-state index in [1.807, 2.05) is 6.92 Å². The number of aliphatic hydroxyl groups is 1. The van der Waals surface area contributed by atoms with Gasteiger partial charge in [-0.3, -0.25) is 9.59 Å². The van der Waals surface area contributed by atoms with E-state index in [9.17, 15) is 19.5 Å². The summed E-state index contributed by atoms with van der Waals surface area (Å²) in [6.07, 6.45) is 0.693. The minimum absolute atomic E-state index is 0.0789. The molecule has 8 heteroatoms. The van der Waals surface area contributed by atoms with Crippen LogP contribution in [0.2, 0.25) is 0 Å². The smallest absolute Gasteiger partial charge is 0.326 e. The lowest BCUT2D eigenvalue weighted by Crippen LogP contribution is -2.57. The molecule has 128 valence electrons. The molecule has 0 aliphatic rings. The number of amides is 2. The van der Waals surface area contributed by atoms with E-state index < -0.39 is 42.5 Å². The van der Waals surface area contributed by atoms with E-state index in [0.717, 1.165) is 0 Å². The second-order valence-corrected chi connectivity index (χ2v) is 5.72. The highest BCUT2D eigenvalue weighted by Gasteiger charge is 2.29. The number of nitrogens with two attached hydrogens (primary N) is 1. The highest BCUT2D eigenvalue weighted by Crippen LogP contribution is 2.06. The number of nitrogens with one attached hydrogen (secondary N) is 2. The molecule has 2 amide bonds. The summed E-state index contributed by atoms with van der Waals surface area (Å²) in [6.45, 7) is 6.33. The SMILES string of the molecule is CC[C@H](C)[C@H](N)C(=O)N[C@@H](CO)C(=O)N[C@H](C(=O)O)C(C)C. The number of aliphatic hydroxyl groups excluding tert-OH is 1. The van der Waals surface area contributed by atoms with Crippen molar-refractivity contribution in [3.05, 3.63) is 0 Å². The number of hydrogen-bond donors (Lipinski definition) is 5. The Morgan fingerprint density at radius 2 is 1.64 bits per heavy atom. The van der Waals surface area contributed by atoms with Crippen LogP contribution in [0.1, 0.15) is 34.1 Å². The Balaban J connectivity index is 4.79. The van der Waals surface area contributed by atoms with Crippen LogP contribution in [0.3, 0.4) is 0 Å². The largest absolute Gasteiger partial charge is 0.480 e. The van der Waals surface area contributed by atoms with E-state index in [0.29, 0.717) is 6.42 Å². The third-order valence-corrected chi connectivity index (χ3v) is 3.61. The minimum Gasteiger partial charge on any atom is -0.480 e. The molecule has 0 spiro atoms. The van der Waals surface area contributed by atoms with Gasteiger partial charge in [-0.2, -0.15) is 0 Å². The Kier molecular flexibility index (Phi) is 8.66. The highest BCUT2D eigenvalue weighted by atomic mass is 16.4. The predicted octanol–water partition coefficient (Wildman–Crippen LogP) is -0.938. The Hall–Kier alpha value is -1.67. The van der Waals surface area contributed by atoms with Gasteiger partial charge in [0.2, 0.25) is 11.8 Å². The van der Waals surface area contributed by atoms with E-state index in [4.69, 9.17) is 10.8 Å². The van der Waals surface area contributed by atoms with Crippen LogP contribution in [0.15, 0.2) is 0 Å². The van der Waals surface area contributed by atoms with E-state index in [2.05, 4.69) is 10.6 Å². The van der Waals surface area contributed by atoms with Crippen molar-refractivity contribution in [3.8, 4) is 0 Å². The van der Waals surface area contributed by atoms with Gasteiger partial charge in [0, 0.05) is 0 Å². The molecule has 6 N–H and O–H groups in total. The molecule has 0 unspecified atom stereocenters. The lowest BCUT2D eigenvalue weighted by atomic mass is 9.99. The lowest BCUT2D eigenvalue weighted by Gasteiger charge is -2.24. The van der Waals surface area contributed by atoms with Gasteiger partial charge >= 0.3 is 5.97 Å². The molecule has 22 heavy (non-hydrogen) atoms. The summed E-state index contributed by atoms with van der Waals surface area (Å²) in [6, 6.07) is -3.13. The molecule has 0 radical (unpaired) electrons. The molecule has 0 rings (SSSR count).